The molecule has 0 saturated carbocycles. The van der Waals surface area contributed by atoms with Gasteiger partial charge in [-0.3, -0.25) is 4.90 Å². The van der Waals surface area contributed by atoms with E-state index in [2.05, 4.69) is 38.3 Å². The van der Waals surface area contributed by atoms with Crippen LogP contribution in [0.1, 0.15) is 30.1 Å². The van der Waals surface area contributed by atoms with Crippen molar-refractivity contribution in [3.63, 3.8) is 0 Å². The largest absolute Gasteiger partial charge is 1.00 e. The monoisotopic (exact) mass is 447 g/mol. The van der Waals surface area contributed by atoms with Crippen LogP contribution in [0.25, 0.3) is 0 Å². The number of halogens is 1. The molecule has 0 aliphatic carbocycles. The van der Waals surface area contributed by atoms with Crippen molar-refractivity contribution in [3.05, 3.63) is 53.7 Å². The number of methoxy groups -OCH3 is 2. The molecule has 1 atom stereocenters. The second-order valence-electron chi connectivity index (χ2n) is 7.23. The molecule has 10 heteroatoms. The minimum atomic E-state index is -0.168. The summed E-state index contributed by atoms with van der Waals surface area (Å²) < 4.78 is 18.6. The van der Waals surface area contributed by atoms with E-state index < -0.39 is 0 Å². The molecule has 0 amide bonds. The first-order valence-electron chi connectivity index (χ1n) is 10.2. The molecule has 1 aromatic carbocycles. The summed E-state index contributed by atoms with van der Waals surface area (Å²) in [6, 6.07) is 9.56. The van der Waals surface area contributed by atoms with Gasteiger partial charge in [-0.05, 0) is 35.2 Å². The maximum Gasteiger partial charge on any atom is 0.173 e. The first-order valence-corrected chi connectivity index (χ1v) is 10.2. The quantitative estimate of drug-likeness (QED) is 0.438. The van der Waals surface area contributed by atoms with Gasteiger partial charge in [0.25, 0.3) is 0 Å². The van der Waals surface area contributed by atoms with Crippen molar-refractivity contribution in [2.24, 2.45) is 0 Å². The van der Waals surface area contributed by atoms with Crippen LogP contribution < -0.4 is 21.9 Å². The Morgan fingerprint density at radius 3 is 2.52 bits per heavy atom. The highest BCUT2D eigenvalue weighted by Gasteiger charge is 2.33. The minimum Gasteiger partial charge on any atom is -1.00 e. The molecule has 2 aromatic heterocycles. The number of nitrogens with zero attached hydrogens (tertiary/aromatic N) is 6. The van der Waals surface area contributed by atoms with Gasteiger partial charge in [0, 0.05) is 31.7 Å². The van der Waals surface area contributed by atoms with Gasteiger partial charge in [0.2, 0.25) is 0 Å². The number of hydrogen-bond acceptors (Lipinski definition) is 8. The maximum absolute atomic E-state index is 5.77. The number of piperazine rings is 1. The van der Waals surface area contributed by atoms with E-state index in [0.717, 1.165) is 49.9 Å². The number of rotatable bonds is 8. The standard InChI is InChI=1S/C21H28N6O3.ClH/c1-4-25-10-12-26(13-11-25)19(17-8-5-9-18(28-2)20(17)29-3)21-22-23-24-27(21)15-16-7-6-14-30-16;/h5-9,14,19H,4,10-13,15H2,1-3H3;1H/p-1. The SMILES string of the molecule is CCN1CCN(C(c2cccc(OC)c2OC)c2nnnn2Cc2ccco2)CC1.[Cl-]. The van der Waals surface area contributed by atoms with Crippen molar-refractivity contribution < 1.29 is 26.3 Å². The topological polar surface area (TPSA) is 81.7 Å². The average Bonchev–Trinajstić information content (AvgIpc) is 3.47. The van der Waals surface area contributed by atoms with Gasteiger partial charge in [0.15, 0.2) is 17.3 Å². The lowest BCUT2D eigenvalue weighted by Crippen LogP contribution is -3.00. The van der Waals surface area contributed by atoms with Gasteiger partial charge in [-0.25, -0.2) is 4.68 Å². The Kier molecular flexibility index (Phi) is 7.89. The van der Waals surface area contributed by atoms with Crippen LogP contribution in [0.3, 0.4) is 0 Å². The van der Waals surface area contributed by atoms with E-state index in [9.17, 15) is 0 Å². The van der Waals surface area contributed by atoms with E-state index in [-0.39, 0.29) is 18.4 Å². The van der Waals surface area contributed by atoms with E-state index in [1.165, 1.54) is 0 Å². The third-order valence-corrected chi connectivity index (χ3v) is 5.64. The van der Waals surface area contributed by atoms with Crippen molar-refractivity contribution in [1.29, 1.82) is 0 Å². The number of benzene rings is 1. The lowest BCUT2D eigenvalue weighted by atomic mass is 10.0. The van der Waals surface area contributed by atoms with Crippen molar-refractivity contribution in [1.82, 2.24) is 30.0 Å². The van der Waals surface area contributed by atoms with Crippen LogP contribution >= 0.6 is 0 Å². The average molecular weight is 448 g/mol. The molecular weight excluding hydrogens is 420 g/mol. The molecule has 0 spiro atoms. The molecule has 1 aliphatic rings. The highest BCUT2D eigenvalue weighted by atomic mass is 35.5. The van der Waals surface area contributed by atoms with Crippen LogP contribution in [0.15, 0.2) is 41.0 Å². The van der Waals surface area contributed by atoms with Crippen LogP contribution in [-0.4, -0.2) is 77.0 Å². The van der Waals surface area contributed by atoms with Crippen molar-refractivity contribution >= 4 is 0 Å². The Labute approximate surface area is 188 Å². The summed E-state index contributed by atoms with van der Waals surface area (Å²) >= 11 is 0. The summed E-state index contributed by atoms with van der Waals surface area (Å²) in [5.41, 5.74) is 0.984. The Morgan fingerprint density at radius 2 is 1.87 bits per heavy atom. The fraction of sp³-hybridized carbons (Fsp3) is 0.476. The van der Waals surface area contributed by atoms with E-state index in [1.807, 2.05) is 24.3 Å². The van der Waals surface area contributed by atoms with Crippen molar-refractivity contribution in [2.45, 2.75) is 19.5 Å². The van der Waals surface area contributed by atoms with Gasteiger partial charge < -0.3 is 31.2 Å². The Bertz CT molecular complexity index is 941. The van der Waals surface area contributed by atoms with E-state index >= 15 is 0 Å². The van der Waals surface area contributed by atoms with Crippen LogP contribution in [0.4, 0.5) is 0 Å². The number of furan rings is 1. The zero-order valence-electron chi connectivity index (χ0n) is 18.1. The summed E-state index contributed by atoms with van der Waals surface area (Å²) in [4.78, 5) is 4.86. The molecule has 31 heavy (non-hydrogen) atoms. The smallest absolute Gasteiger partial charge is 0.173 e. The summed E-state index contributed by atoms with van der Waals surface area (Å²) in [5.74, 6) is 2.95. The molecule has 1 saturated heterocycles. The molecule has 9 nitrogen and oxygen atoms in total. The lowest BCUT2D eigenvalue weighted by molar-refractivity contribution is -0.00000738. The molecule has 0 N–H and O–H groups in total. The molecule has 3 aromatic rings. The van der Waals surface area contributed by atoms with Gasteiger partial charge in [-0.15, -0.1) is 5.10 Å². The maximum atomic E-state index is 5.77. The molecule has 0 radical (unpaired) electrons. The Hall–Kier alpha value is -2.62. The first-order chi connectivity index (χ1) is 14.7. The fourth-order valence-corrected chi connectivity index (χ4v) is 4.03. The number of para-hydroxylation sites is 1. The van der Waals surface area contributed by atoms with E-state index in [1.54, 1.807) is 25.2 Å². The Morgan fingerprint density at radius 1 is 1.06 bits per heavy atom. The van der Waals surface area contributed by atoms with Gasteiger partial charge in [-0.2, -0.15) is 0 Å². The number of aromatic nitrogens is 4. The fourth-order valence-electron chi connectivity index (χ4n) is 4.03. The Balaban J connectivity index is 0.00000272. The van der Waals surface area contributed by atoms with Gasteiger partial charge in [-0.1, -0.05) is 19.1 Å². The van der Waals surface area contributed by atoms with Gasteiger partial charge in [0.1, 0.15) is 18.3 Å². The molecular formula is C21H28ClN6O3-. The zero-order valence-corrected chi connectivity index (χ0v) is 18.8. The summed E-state index contributed by atoms with van der Waals surface area (Å²) in [5, 5.41) is 12.7. The lowest BCUT2D eigenvalue weighted by Gasteiger charge is -2.38. The molecule has 168 valence electrons. The van der Waals surface area contributed by atoms with E-state index in [4.69, 9.17) is 13.9 Å². The normalized spacial score (nSPS) is 16.0. The zero-order chi connectivity index (χ0) is 20.9. The van der Waals surface area contributed by atoms with Gasteiger partial charge in [0.05, 0.1) is 20.5 Å². The number of ether oxygens (including phenoxy) is 2. The third-order valence-electron chi connectivity index (χ3n) is 5.64. The van der Waals surface area contributed by atoms with Crippen LogP contribution in [0.2, 0.25) is 0 Å². The van der Waals surface area contributed by atoms with Crippen molar-refractivity contribution in [3.8, 4) is 11.5 Å². The second kappa shape index (κ2) is 10.6. The highest BCUT2D eigenvalue weighted by molar-refractivity contribution is 5.49. The van der Waals surface area contributed by atoms with Crippen LogP contribution in [0, 0.1) is 0 Å². The van der Waals surface area contributed by atoms with Crippen LogP contribution in [-0.2, 0) is 6.54 Å². The summed E-state index contributed by atoms with van der Waals surface area (Å²) in [7, 11) is 3.32. The number of hydrogen-bond donors (Lipinski definition) is 0. The minimum absolute atomic E-state index is 0. The molecule has 1 aliphatic heterocycles. The predicted octanol–water partition coefficient (Wildman–Crippen LogP) is -0.937. The molecule has 1 unspecified atom stereocenters. The first kappa shape index (κ1) is 23.1. The molecule has 0 bridgehead atoms. The molecule has 3 heterocycles. The highest BCUT2D eigenvalue weighted by Crippen LogP contribution is 2.39. The van der Waals surface area contributed by atoms with Crippen LogP contribution in [0.5, 0.6) is 11.5 Å². The number of tetrazole rings is 1. The molecule has 1 fully saturated rings. The third kappa shape index (κ3) is 4.84. The summed E-state index contributed by atoms with van der Waals surface area (Å²) in [6.45, 7) is 7.53. The second-order valence-corrected chi connectivity index (χ2v) is 7.23. The van der Waals surface area contributed by atoms with E-state index in [0.29, 0.717) is 18.0 Å². The van der Waals surface area contributed by atoms with Crippen molar-refractivity contribution in [2.75, 3.05) is 46.9 Å². The summed E-state index contributed by atoms with van der Waals surface area (Å²) in [6.07, 6.45) is 1.66. The predicted molar refractivity (Wildman–Crippen MR) is 111 cm³/mol. The number of likely N-dealkylation sites (N-methyl/N-ethyl adjacent to an activating group) is 1. The van der Waals surface area contributed by atoms with Gasteiger partial charge >= 0.3 is 0 Å². The molecule has 4 rings (SSSR count).